The molecule has 6 heteroatoms. The van der Waals surface area contributed by atoms with E-state index in [0.29, 0.717) is 5.02 Å². The van der Waals surface area contributed by atoms with Crippen LogP contribution >= 0.6 is 19.8 Å². The molecular formula is C11H15ClO4P+. The molecule has 0 aliphatic carbocycles. The molecule has 1 aliphatic heterocycles. The molecule has 1 aromatic rings. The van der Waals surface area contributed by atoms with Crippen molar-refractivity contribution in [3.63, 3.8) is 0 Å². The number of hydrogen-bond acceptors (Lipinski definition) is 4. The second kappa shape index (κ2) is 4.47. The fraction of sp³-hybridized carbons (Fsp3) is 0.455. The normalized spacial score (nSPS) is 26.8. The number of benzene rings is 1. The van der Waals surface area contributed by atoms with Gasteiger partial charge in [0, 0.05) is 16.0 Å². The quantitative estimate of drug-likeness (QED) is 0.775. The van der Waals surface area contributed by atoms with Gasteiger partial charge in [-0.1, -0.05) is 43.6 Å². The molecule has 0 bridgehead atoms. The molecule has 4 nitrogen and oxygen atoms in total. The summed E-state index contributed by atoms with van der Waals surface area (Å²) < 4.78 is 10.2. The van der Waals surface area contributed by atoms with E-state index in [0.717, 1.165) is 5.56 Å². The Bertz CT molecular complexity index is 422. The van der Waals surface area contributed by atoms with Crippen LogP contribution in [-0.2, 0) is 9.05 Å². The highest BCUT2D eigenvalue weighted by atomic mass is 35.5. The van der Waals surface area contributed by atoms with E-state index in [4.69, 9.17) is 20.6 Å². The van der Waals surface area contributed by atoms with Crippen molar-refractivity contribution in [3.05, 3.63) is 34.9 Å². The van der Waals surface area contributed by atoms with E-state index in [9.17, 15) is 9.79 Å². The maximum absolute atomic E-state index is 9.51. The molecule has 1 aromatic carbocycles. The molecule has 1 fully saturated rings. The predicted molar refractivity (Wildman–Crippen MR) is 66.4 cm³/mol. The Morgan fingerprint density at radius 2 is 2.00 bits per heavy atom. The molecule has 0 radical (unpaired) electrons. The van der Waals surface area contributed by atoms with Gasteiger partial charge < -0.3 is 0 Å². The van der Waals surface area contributed by atoms with Crippen LogP contribution in [0.15, 0.2) is 24.3 Å². The van der Waals surface area contributed by atoms with Gasteiger partial charge >= 0.3 is 8.17 Å². The van der Waals surface area contributed by atoms with Crippen molar-refractivity contribution in [2.45, 2.75) is 20.0 Å². The highest BCUT2D eigenvalue weighted by molar-refractivity contribution is 7.54. The zero-order valence-electron chi connectivity index (χ0n) is 9.63. The Labute approximate surface area is 106 Å². The fourth-order valence-electron chi connectivity index (χ4n) is 1.80. The zero-order chi connectivity index (χ0) is 12.7. The highest BCUT2D eigenvalue weighted by Crippen LogP contribution is 2.63. The van der Waals surface area contributed by atoms with E-state index in [1.807, 2.05) is 32.0 Å². The Balaban J connectivity index is 2.38. The van der Waals surface area contributed by atoms with Gasteiger partial charge in [-0.15, -0.1) is 4.52 Å². The minimum absolute atomic E-state index is 0.212. The van der Waals surface area contributed by atoms with Crippen molar-refractivity contribution in [2.75, 3.05) is 6.61 Å². The van der Waals surface area contributed by atoms with Gasteiger partial charge in [-0.25, -0.2) is 0 Å². The molecular weight excluding hydrogens is 263 g/mol. The average molecular weight is 278 g/mol. The van der Waals surface area contributed by atoms with Crippen molar-refractivity contribution in [1.82, 2.24) is 0 Å². The molecule has 1 aliphatic rings. The summed E-state index contributed by atoms with van der Waals surface area (Å²) in [6.45, 7) is 4.07. The maximum atomic E-state index is 9.51. The molecule has 94 valence electrons. The monoisotopic (exact) mass is 277 g/mol. The van der Waals surface area contributed by atoms with Crippen molar-refractivity contribution in [3.8, 4) is 0 Å². The summed E-state index contributed by atoms with van der Waals surface area (Å²) in [4.78, 5) is 19.0. The minimum atomic E-state index is -3.72. The first-order valence-electron chi connectivity index (χ1n) is 5.24. The van der Waals surface area contributed by atoms with E-state index in [1.54, 1.807) is 6.07 Å². The summed E-state index contributed by atoms with van der Waals surface area (Å²) >= 11 is 6.11. The summed E-state index contributed by atoms with van der Waals surface area (Å²) in [5, 5.41) is 0.549. The van der Waals surface area contributed by atoms with Gasteiger partial charge in [0.15, 0.2) is 0 Å². The van der Waals surface area contributed by atoms with Crippen LogP contribution in [0.4, 0.5) is 0 Å². The molecule has 17 heavy (non-hydrogen) atoms. The van der Waals surface area contributed by atoms with Gasteiger partial charge in [-0.2, -0.15) is 14.3 Å². The van der Waals surface area contributed by atoms with Gasteiger partial charge in [-0.05, 0) is 6.07 Å². The van der Waals surface area contributed by atoms with Crippen LogP contribution in [0.2, 0.25) is 5.02 Å². The first kappa shape index (κ1) is 13.2. The lowest BCUT2D eigenvalue weighted by atomic mass is 9.83. The van der Waals surface area contributed by atoms with Gasteiger partial charge in [0.2, 0.25) is 0 Å². The van der Waals surface area contributed by atoms with Crippen LogP contribution in [0.5, 0.6) is 0 Å². The molecule has 1 atom stereocenters. The molecule has 1 unspecified atom stereocenters. The summed E-state index contributed by atoms with van der Waals surface area (Å²) in [6, 6.07) is 7.23. The van der Waals surface area contributed by atoms with Crippen LogP contribution in [0.25, 0.3) is 0 Å². The Hall–Kier alpha value is -0.220. The molecule has 1 saturated heterocycles. The lowest BCUT2D eigenvalue weighted by molar-refractivity contribution is -0.0632. The summed E-state index contributed by atoms with van der Waals surface area (Å²) in [7, 11) is -3.72. The van der Waals surface area contributed by atoms with Crippen molar-refractivity contribution < 1.29 is 18.8 Å². The number of hydrogen-bond donors (Lipinski definition) is 2. The second-order valence-corrected chi connectivity index (χ2v) is 6.62. The first-order valence-corrected chi connectivity index (χ1v) is 7.15. The van der Waals surface area contributed by atoms with Gasteiger partial charge in [0.05, 0.1) is 0 Å². The van der Waals surface area contributed by atoms with Crippen LogP contribution < -0.4 is 0 Å². The molecule has 0 saturated carbocycles. The van der Waals surface area contributed by atoms with E-state index in [-0.39, 0.29) is 12.0 Å². The smallest absolute Gasteiger partial charge is 0.168 e. The van der Waals surface area contributed by atoms with Crippen LogP contribution in [0, 0.1) is 5.41 Å². The standard InChI is InChI=1S/C11H15ClO4P/c1-11(2)7-15-17(13,14)16-10(11)8-5-3-4-6-9(8)12/h3-6,10,13-14H,7H2,1-2H3/q+1. The van der Waals surface area contributed by atoms with E-state index >= 15 is 0 Å². The van der Waals surface area contributed by atoms with Gasteiger partial charge in [0.1, 0.15) is 12.7 Å². The largest absolute Gasteiger partial charge is 0.570 e. The molecule has 0 aromatic heterocycles. The molecule has 1 heterocycles. The summed E-state index contributed by atoms with van der Waals surface area (Å²) in [5.74, 6) is 0. The summed E-state index contributed by atoms with van der Waals surface area (Å²) in [5.41, 5.74) is 0.370. The fourth-order valence-corrected chi connectivity index (χ4v) is 3.27. The Kier molecular flexibility index (Phi) is 3.47. The number of halogens is 1. The molecule has 0 spiro atoms. The lowest BCUT2D eigenvalue weighted by Crippen LogP contribution is -2.34. The van der Waals surface area contributed by atoms with Crippen molar-refractivity contribution >= 4 is 19.8 Å². The van der Waals surface area contributed by atoms with Crippen LogP contribution in [0.1, 0.15) is 25.5 Å². The zero-order valence-corrected chi connectivity index (χ0v) is 11.3. The van der Waals surface area contributed by atoms with E-state index in [1.165, 1.54) is 0 Å². The maximum Gasteiger partial charge on any atom is 0.570 e. The topological polar surface area (TPSA) is 58.9 Å². The minimum Gasteiger partial charge on any atom is -0.168 e. The molecule has 2 rings (SSSR count). The van der Waals surface area contributed by atoms with Crippen LogP contribution in [-0.4, -0.2) is 16.4 Å². The number of rotatable bonds is 1. The van der Waals surface area contributed by atoms with Gasteiger partial charge in [-0.3, -0.25) is 0 Å². The average Bonchev–Trinajstić information content (AvgIpc) is 2.23. The SMILES string of the molecule is CC1(C)CO[P+](O)(O)OC1c1ccccc1Cl. The van der Waals surface area contributed by atoms with Crippen molar-refractivity contribution in [1.29, 1.82) is 0 Å². The first-order chi connectivity index (χ1) is 7.82. The van der Waals surface area contributed by atoms with Crippen molar-refractivity contribution in [2.24, 2.45) is 5.41 Å². The third kappa shape index (κ3) is 2.79. The lowest BCUT2D eigenvalue weighted by Gasteiger charge is -2.36. The van der Waals surface area contributed by atoms with Crippen LogP contribution in [0.3, 0.4) is 0 Å². The third-order valence-electron chi connectivity index (χ3n) is 2.74. The highest BCUT2D eigenvalue weighted by Gasteiger charge is 2.55. The third-order valence-corrected chi connectivity index (χ3v) is 4.04. The Morgan fingerprint density at radius 3 is 2.65 bits per heavy atom. The predicted octanol–water partition coefficient (Wildman–Crippen LogP) is 3.12. The Morgan fingerprint density at radius 1 is 1.35 bits per heavy atom. The second-order valence-electron chi connectivity index (χ2n) is 4.76. The molecule has 2 N–H and O–H groups in total. The van der Waals surface area contributed by atoms with Gasteiger partial charge in [0.25, 0.3) is 0 Å². The van der Waals surface area contributed by atoms with E-state index in [2.05, 4.69) is 0 Å². The van der Waals surface area contributed by atoms with E-state index < -0.39 is 14.3 Å². The molecule has 0 amide bonds. The summed E-state index contributed by atoms with van der Waals surface area (Å²) in [6.07, 6.45) is -0.492.